The zero-order valence-corrected chi connectivity index (χ0v) is 8.78. The number of hydrogen-bond donors (Lipinski definition) is 1. The molecule has 70 valence electrons. The van der Waals surface area contributed by atoms with Gasteiger partial charge in [-0.1, -0.05) is 23.7 Å². The van der Waals surface area contributed by atoms with Crippen molar-refractivity contribution in [1.29, 1.82) is 0 Å². The average molecular weight is 216 g/mol. The first-order chi connectivity index (χ1) is 6.24. The van der Waals surface area contributed by atoms with Gasteiger partial charge in [0.25, 0.3) is 0 Å². The van der Waals surface area contributed by atoms with E-state index in [1.807, 2.05) is 19.2 Å². The Hall–Kier alpha value is -0.380. The summed E-state index contributed by atoms with van der Waals surface area (Å²) in [6, 6.07) is 5.85. The van der Waals surface area contributed by atoms with E-state index in [1.54, 1.807) is 6.07 Å². The molecule has 0 saturated heterocycles. The molecule has 1 N–H and O–H groups in total. The molecule has 4 heteroatoms. The van der Waals surface area contributed by atoms with Crippen LogP contribution in [0, 0.1) is 0 Å². The molecular weight excluding hydrogens is 206 g/mol. The lowest BCUT2D eigenvalue weighted by Crippen LogP contribution is -2.16. The molecule has 2 unspecified atom stereocenters. The van der Waals surface area contributed by atoms with Gasteiger partial charge >= 0.3 is 0 Å². The Morgan fingerprint density at radius 2 is 2.38 bits per heavy atom. The van der Waals surface area contributed by atoms with Gasteiger partial charge in [0.2, 0.25) is 0 Å². The van der Waals surface area contributed by atoms with Crippen molar-refractivity contribution >= 4 is 22.4 Å². The molecular formula is C9H10ClNOS. The van der Waals surface area contributed by atoms with E-state index in [4.69, 9.17) is 11.6 Å². The Balaban J connectivity index is 2.57. The van der Waals surface area contributed by atoms with Gasteiger partial charge in [-0.3, -0.25) is 4.21 Å². The van der Waals surface area contributed by atoms with E-state index in [9.17, 15) is 4.21 Å². The van der Waals surface area contributed by atoms with Gasteiger partial charge in [0.05, 0.1) is 20.7 Å². The van der Waals surface area contributed by atoms with Crippen LogP contribution in [0.4, 0.5) is 0 Å². The first-order valence-electron chi connectivity index (χ1n) is 4.08. The number of nitrogens with one attached hydrogen (secondary N) is 1. The normalized spacial score (nSPS) is 26.0. The van der Waals surface area contributed by atoms with Crippen LogP contribution < -0.4 is 5.32 Å². The maximum Gasteiger partial charge on any atom is 0.0623 e. The van der Waals surface area contributed by atoms with Gasteiger partial charge in [-0.15, -0.1) is 0 Å². The highest BCUT2D eigenvalue weighted by molar-refractivity contribution is 7.85. The van der Waals surface area contributed by atoms with Crippen molar-refractivity contribution in [2.75, 3.05) is 12.8 Å². The summed E-state index contributed by atoms with van der Waals surface area (Å²) in [4.78, 5) is 0.809. The van der Waals surface area contributed by atoms with E-state index in [0.717, 1.165) is 10.5 Å². The van der Waals surface area contributed by atoms with Crippen LogP contribution in [-0.4, -0.2) is 17.0 Å². The van der Waals surface area contributed by atoms with Crippen LogP contribution in [0.1, 0.15) is 11.6 Å². The first kappa shape index (κ1) is 9.19. The van der Waals surface area contributed by atoms with E-state index >= 15 is 0 Å². The third-order valence-electron chi connectivity index (χ3n) is 2.27. The summed E-state index contributed by atoms with van der Waals surface area (Å²) in [5.74, 6) is 0.634. The summed E-state index contributed by atoms with van der Waals surface area (Å²) < 4.78 is 11.6. The number of rotatable bonds is 1. The van der Waals surface area contributed by atoms with Crippen molar-refractivity contribution in [2.45, 2.75) is 10.9 Å². The molecule has 0 fully saturated rings. The Morgan fingerprint density at radius 3 is 3.08 bits per heavy atom. The highest BCUT2D eigenvalue weighted by atomic mass is 35.5. The fourth-order valence-corrected chi connectivity index (χ4v) is 3.62. The van der Waals surface area contributed by atoms with Gasteiger partial charge in [-0.25, -0.2) is 0 Å². The molecule has 0 saturated carbocycles. The molecule has 0 amide bonds. The van der Waals surface area contributed by atoms with Crippen LogP contribution >= 0.6 is 11.6 Å². The van der Waals surface area contributed by atoms with Crippen LogP contribution in [0.5, 0.6) is 0 Å². The van der Waals surface area contributed by atoms with Crippen molar-refractivity contribution in [1.82, 2.24) is 5.32 Å². The summed E-state index contributed by atoms with van der Waals surface area (Å²) in [5.41, 5.74) is 1.08. The summed E-state index contributed by atoms with van der Waals surface area (Å²) in [6.45, 7) is 0. The van der Waals surface area contributed by atoms with Gasteiger partial charge in [-0.2, -0.15) is 0 Å². The predicted molar refractivity (Wildman–Crippen MR) is 54.5 cm³/mol. The molecule has 0 aliphatic carbocycles. The molecule has 0 radical (unpaired) electrons. The molecule has 0 spiro atoms. The fraction of sp³-hybridized carbons (Fsp3) is 0.333. The van der Waals surface area contributed by atoms with Gasteiger partial charge in [0, 0.05) is 11.8 Å². The number of halogens is 1. The van der Waals surface area contributed by atoms with Crippen molar-refractivity contribution in [3.05, 3.63) is 28.8 Å². The molecule has 1 aliphatic heterocycles. The predicted octanol–water partition coefficient (Wildman–Crippen LogP) is 1.72. The molecule has 1 aromatic carbocycles. The quantitative estimate of drug-likeness (QED) is 0.773. The topological polar surface area (TPSA) is 29.1 Å². The SMILES string of the molecule is CNC1CS(=O)c2c(Cl)cccc21. The molecule has 0 aromatic heterocycles. The highest BCUT2D eigenvalue weighted by Crippen LogP contribution is 2.35. The van der Waals surface area contributed by atoms with Crippen molar-refractivity contribution in [3.63, 3.8) is 0 Å². The Kier molecular flexibility index (Phi) is 2.41. The third-order valence-corrected chi connectivity index (χ3v) is 4.24. The summed E-state index contributed by atoms with van der Waals surface area (Å²) in [7, 11) is 0.939. The molecule has 2 atom stereocenters. The Morgan fingerprint density at radius 1 is 1.62 bits per heavy atom. The van der Waals surface area contributed by atoms with E-state index in [-0.39, 0.29) is 6.04 Å². The number of fused-ring (bicyclic) bond motifs is 1. The number of hydrogen-bond acceptors (Lipinski definition) is 2. The number of benzene rings is 1. The van der Waals surface area contributed by atoms with Crippen LogP contribution in [0.2, 0.25) is 5.02 Å². The van der Waals surface area contributed by atoms with Crippen molar-refractivity contribution in [2.24, 2.45) is 0 Å². The van der Waals surface area contributed by atoms with Crippen molar-refractivity contribution in [3.8, 4) is 0 Å². The lowest BCUT2D eigenvalue weighted by molar-refractivity contribution is 0.652. The summed E-state index contributed by atoms with van der Waals surface area (Å²) >= 11 is 5.97. The second-order valence-electron chi connectivity index (χ2n) is 3.01. The lowest BCUT2D eigenvalue weighted by Gasteiger charge is -2.07. The van der Waals surface area contributed by atoms with Crippen LogP contribution in [0.15, 0.2) is 23.1 Å². The van der Waals surface area contributed by atoms with E-state index in [0.29, 0.717) is 10.8 Å². The molecule has 1 aliphatic rings. The molecule has 2 nitrogen and oxygen atoms in total. The fourth-order valence-electron chi connectivity index (χ4n) is 1.60. The average Bonchev–Trinajstić information content (AvgIpc) is 2.44. The van der Waals surface area contributed by atoms with Gasteiger partial charge in [-0.05, 0) is 18.7 Å². The largest absolute Gasteiger partial charge is 0.312 e. The second-order valence-corrected chi connectivity index (χ2v) is 4.85. The Bertz CT molecular complexity index is 367. The minimum Gasteiger partial charge on any atom is -0.312 e. The second kappa shape index (κ2) is 3.40. The van der Waals surface area contributed by atoms with Crippen molar-refractivity contribution < 1.29 is 4.21 Å². The maximum atomic E-state index is 11.6. The van der Waals surface area contributed by atoms with Gasteiger partial charge in [0.15, 0.2) is 0 Å². The molecule has 0 bridgehead atoms. The minimum absolute atomic E-state index is 0.189. The smallest absolute Gasteiger partial charge is 0.0623 e. The summed E-state index contributed by atoms with van der Waals surface area (Å²) in [6.07, 6.45) is 0. The highest BCUT2D eigenvalue weighted by Gasteiger charge is 2.28. The van der Waals surface area contributed by atoms with E-state index in [1.165, 1.54) is 0 Å². The third kappa shape index (κ3) is 1.41. The zero-order chi connectivity index (χ0) is 9.42. The lowest BCUT2D eigenvalue weighted by atomic mass is 10.1. The molecule has 13 heavy (non-hydrogen) atoms. The Labute approximate surface area is 84.7 Å². The maximum absolute atomic E-state index is 11.6. The van der Waals surface area contributed by atoms with Gasteiger partial charge in [0.1, 0.15) is 0 Å². The van der Waals surface area contributed by atoms with Crippen LogP contribution in [-0.2, 0) is 10.8 Å². The zero-order valence-electron chi connectivity index (χ0n) is 7.21. The first-order valence-corrected chi connectivity index (χ1v) is 5.77. The standard InChI is InChI=1S/C9H10ClNOS/c1-11-8-5-13(12)9-6(8)3-2-4-7(9)10/h2-4,8,11H,5H2,1H3. The molecule has 1 aromatic rings. The van der Waals surface area contributed by atoms with Crippen LogP contribution in [0.3, 0.4) is 0 Å². The van der Waals surface area contributed by atoms with E-state index < -0.39 is 10.8 Å². The van der Waals surface area contributed by atoms with Gasteiger partial charge < -0.3 is 5.32 Å². The minimum atomic E-state index is -0.934. The van der Waals surface area contributed by atoms with Crippen LogP contribution in [0.25, 0.3) is 0 Å². The monoisotopic (exact) mass is 215 g/mol. The van der Waals surface area contributed by atoms with E-state index in [2.05, 4.69) is 5.32 Å². The molecule has 1 heterocycles. The molecule has 2 rings (SSSR count). The summed E-state index contributed by atoms with van der Waals surface area (Å²) in [5, 5.41) is 3.75.